The van der Waals surface area contributed by atoms with E-state index in [2.05, 4.69) is 14.5 Å². The zero-order valence-corrected chi connectivity index (χ0v) is 16.2. The maximum Gasteiger partial charge on any atom is 0.323 e. The van der Waals surface area contributed by atoms with Gasteiger partial charge in [-0.25, -0.2) is 9.97 Å². The van der Waals surface area contributed by atoms with E-state index in [-0.39, 0.29) is 5.97 Å². The number of rotatable bonds is 8. The summed E-state index contributed by atoms with van der Waals surface area (Å²) in [4.78, 5) is 20.8. The molecule has 0 fully saturated rings. The van der Waals surface area contributed by atoms with E-state index in [0.29, 0.717) is 6.42 Å². The highest BCUT2D eigenvalue weighted by molar-refractivity contribution is 5.75. The fourth-order valence-corrected chi connectivity index (χ4v) is 2.71. The van der Waals surface area contributed by atoms with Crippen molar-refractivity contribution < 1.29 is 9.53 Å². The molecule has 0 bridgehead atoms. The first-order valence-electron chi connectivity index (χ1n) is 9.20. The Hall–Kier alpha value is -2.21. The van der Waals surface area contributed by atoms with Crippen LogP contribution in [0, 0.1) is 6.92 Å². The Balaban J connectivity index is 1.76. The minimum Gasteiger partial charge on any atom is -0.459 e. The van der Waals surface area contributed by atoms with E-state index in [1.165, 1.54) is 0 Å². The average Bonchev–Trinajstić information content (AvgIpc) is 3.01. The average molecular weight is 358 g/mol. The number of carbonyl (C=O) groups is 1. The lowest BCUT2D eigenvalue weighted by Crippen LogP contribution is -2.37. The largest absolute Gasteiger partial charge is 0.459 e. The van der Waals surface area contributed by atoms with Gasteiger partial charge in [0.25, 0.3) is 0 Å². The Morgan fingerprint density at radius 1 is 1.27 bits per heavy atom. The summed E-state index contributed by atoms with van der Waals surface area (Å²) in [6.07, 6.45) is 7.31. The summed E-state index contributed by atoms with van der Waals surface area (Å²) < 4.78 is 7.43. The van der Waals surface area contributed by atoms with Crippen molar-refractivity contribution in [2.24, 2.45) is 5.73 Å². The number of aromatic nitrogens is 3. The molecule has 2 heterocycles. The number of hydrogen-bond acceptors (Lipinski definition) is 5. The van der Waals surface area contributed by atoms with Gasteiger partial charge in [0.05, 0.1) is 0 Å². The molecule has 0 saturated heterocycles. The summed E-state index contributed by atoms with van der Waals surface area (Å²) >= 11 is 0. The smallest absolute Gasteiger partial charge is 0.323 e. The summed E-state index contributed by atoms with van der Waals surface area (Å²) in [7, 11) is 0. The standard InChI is InChI=1S/C20H30N4O2/c1-15-9-8-11-17(23-15)18-22-12-14-24(18)13-7-5-6-10-16(21)19(25)26-20(2,3)4/h8-9,11-12,14,16H,5-7,10,13,21H2,1-4H3. The van der Waals surface area contributed by atoms with Crippen molar-refractivity contribution in [3.63, 3.8) is 0 Å². The first kappa shape index (κ1) is 20.1. The summed E-state index contributed by atoms with van der Waals surface area (Å²) in [5.74, 6) is 0.569. The van der Waals surface area contributed by atoms with Crippen LogP contribution in [-0.2, 0) is 16.1 Å². The highest BCUT2D eigenvalue weighted by Gasteiger charge is 2.21. The summed E-state index contributed by atoms with van der Waals surface area (Å²) in [5.41, 5.74) is 7.30. The van der Waals surface area contributed by atoms with E-state index in [4.69, 9.17) is 10.5 Å². The number of unbranched alkanes of at least 4 members (excludes halogenated alkanes) is 2. The highest BCUT2D eigenvalue weighted by atomic mass is 16.6. The molecule has 6 nitrogen and oxygen atoms in total. The number of imidazole rings is 1. The molecule has 2 aromatic heterocycles. The van der Waals surface area contributed by atoms with Crippen molar-refractivity contribution in [1.29, 1.82) is 0 Å². The number of nitrogens with zero attached hydrogens (tertiary/aromatic N) is 3. The van der Waals surface area contributed by atoms with E-state index in [0.717, 1.165) is 43.0 Å². The van der Waals surface area contributed by atoms with Gasteiger partial charge in [-0.05, 0) is 52.7 Å². The van der Waals surface area contributed by atoms with Crippen molar-refractivity contribution in [1.82, 2.24) is 14.5 Å². The molecule has 0 saturated carbocycles. The van der Waals surface area contributed by atoms with Gasteiger partial charge in [0.15, 0.2) is 5.82 Å². The Morgan fingerprint density at radius 2 is 2.04 bits per heavy atom. The zero-order valence-electron chi connectivity index (χ0n) is 16.2. The Bertz CT molecular complexity index is 719. The molecular weight excluding hydrogens is 328 g/mol. The highest BCUT2D eigenvalue weighted by Crippen LogP contribution is 2.17. The molecule has 1 unspecified atom stereocenters. The molecule has 0 aliphatic rings. The number of pyridine rings is 1. The minimum absolute atomic E-state index is 0.320. The molecule has 2 aromatic rings. The van der Waals surface area contributed by atoms with Gasteiger partial charge in [0.2, 0.25) is 0 Å². The molecule has 1 atom stereocenters. The summed E-state index contributed by atoms with van der Waals surface area (Å²) in [5, 5.41) is 0. The van der Waals surface area contributed by atoms with Crippen LogP contribution in [0.3, 0.4) is 0 Å². The molecule has 0 spiro atoms. The fraction of sp³-hybridized carbons (Fsp3) is 0.550. The SMILES string of the molecule is Cc1cccc(-c2nccn2CCCCCC(N)C(=O)OC(C)(C)C)n1. The Morgan fingerprint density at radius 3 is 2.73 bits per heavy atom. The van der Waals surface area contributed by atoms with Gasteiger partial charge in [-0.15, -0.1) is 0 Å². The quantitative estimate of drug-likeness (QED) is 0.577. The number of ether oxygens (including phenoxy) is 1. The van der Waals surface area contributed by atoms with Gasteiger partial charge < -0.3 is 15.0 Å². The lowest BCUT2D eigenvalue weighted by molar-refractivity contribution is -0.156. The second-order valence-corrected chi connectivity index (χ2v) is 7.60. The number of esters is 1. The molecule has 6 heteroatoms. The Labute approximate surface area is 155 Å². The van der Waals surface area contributed by atoms with Crippen LogP contribution in [-0.4, -0.2) is 32.1 Å². The van der Waals surface area contributed by atoms with Crippen LogP contribution < -0.4 is 5.73 Å². The molecule has 26 heavy (non-hydrogen) atoms. The fourth-order valence-electron chi connectivity index (χ4n) is 2.71. The zero-order chi connectivity index (χ0) is 19.2. The minimum atomic E-state index is -0.547. The third-order valence-electron chi connectivity index (χ3n) is 3.96. The van der Waals surface area contributed by atoms with E-state index < -0.39 is 11.6 Å². The van der Waals surface area contributed by atoms with Crippen LogP contribution in [0.2, 0.25) is 0 Å². The summed E-state index contributed by atoms with van der Waals surface area (Å²) in [6.45, 7) is 8.40. The summed E-state index contributed by atoms with van der Waals surface area (Å²) in [6, 6.07) is 5.40. The van der Waals surface area contributed by atoms with Gasteiger partial charge in [0, 0.05) is 24.6 Å². The molecular formula is C20H30N4O2. The van der Waals surface area contributed by atoms with Gasteiger partial charge in [-0.3, -0.25) is 4.79 Å². The third kappa shape index (κ3) is 6.26. The number of aryl methyl sites for hydroxylation is 2. The van der Waals surface area contributed by atoms with E-state index >= 15 is 0 Å². The number of hydrogen-bond donors (Lipinski definition) is 1. The maximum absolute atomic E-state index is 11.9. The van der Waals surface area contributed by atoms with E-state index in [1.54, 1.807) is 6.20 Å². The lowest BCUT2D eigenvalue weighted by Gasteiger charge is -2.22. The molecule has 2 N–H and O–H groups in total. The van der Waals surface area contributed by atoms with Crippen molar-refractivity contribution in [2.75, 3.05) is 0 Å². The molecule has 0 aliphatic heterocycles. The van der Waals surface area contributed by atoms with Gasteiger partial charge >= 0.3 is 5.97 Å². The van der Waals surface area contributed by atoms with Crippen molar-refractivity contribution in [3.05, 3.63) is 36.3 Å². The number of carbonyl (C=O) groups excluding carboxylic acids is 1. The first-order chi connectivity index (χ1) is 12.3. The topological polar surface area (TPSA) is 83.0 Å². The van der Waals surface area contributed by atoms with Crippen LogP contribution in [0.5, 0.6) is 0 Å². The van der Waals surface area contributed by atoms with Gasteiger partial charge in [-0.1, -0.05) is 18.9 Å². The van der Waals surface area contributed by atoms with Crippen molar-refractivity contribution in [2.45, 2.75) is 71.6 Å². The van der Waals surface area contributed by atoms with Gasteiger partial charge in [-0.2, -0.15) is 0 Å². The second-order valence-electron chi connectivity index (χ2n) is 7.60. The van der Waals surface area contributed by atoms with Crippen molar-refractivity contribution in [3.8, 4) is 11.5 Å². The third-order valence-corrected chi connectivity index (χ3v) is 3.96. The predicted molar refractivity (Wildman–Crippen MR) is 102 cm³/mol. The van der Waals surface area contributed by atoms with Crippen LogP contribution in [0.25, 0.3) is 11.5 Å². The molecule has 0 aliphatic carbocycles. The normalized spacial score (nSPS) is 12.8. The monoisotopic (exact) mass is 358 g/mol. The van der Waals surface area contributed by atoms with Crippen LogP contribution >= 0.6 is 0 Å². The lowest BCUT2D eigenvalue weighted by atomic mass is 10.1. The van der Waals surface area contributed by atoms with Crippen LogP contribution in [0.1, 0.15) is 52.1 Å². The van der Waals surface area contributed by atoms with Crippen LogP contribution in [0.4, 0.5) is 0 Å². The molecule has 0 amide bonds. The van der Waals surface area contributed by atoms with Gasteiger partial charge in [0.1, 0.15) is 17.3 Å². The van der Waals surface area contributed by atoms with E-state index in [1.807, 2.05) is 52.1 Å². The predicted octanol–water partition coefficient (Wildman–Crippen LogP) is 3.48. The molecule has 2 rings (SSSR count). The number of nitrogens with two attached hydrogens (primary N) is 1. The van der Waals surface area contributed by atoms with Crippen molar-refractivity contribution >= 4 is 5.97 Å². The Kier molecular flexibility index (Phi) is 6.91. The van der Waals surface area contributed by atoms with E-state index in [9.17, 15) is 4.79 Å². The molecule has 0 aromatic carbocycles. The molecule has 0 radical (unpaired) electrons. The maximum atomic E-state index is 11.9. The van der Waals surface area contributed by atoms with Crippen LogP contribution in [0.15, 0.2) is 30.6 Å². The molecule has 142 valence electrons. The second kappa shape index (κ2) is 8.94. The first-order valence-corrected chi connectivity index (χ1v) is 9.20.